The summed E-state index contributed by atoms with van der Waals surface area (Å²) in [5.74, 6) is -0.261. The van der Waals surface area contributed by atoms with Crippen LogP contribution < -0.4 is 5.32 Å². The largest absolute Gasteiger partial charge is 0.466 e. The fourth-order valence-electron chi connectivity index (χ4n) is 1.09. The molecule has 0 heterocycles. The van der Waals surface area contributed by atoms with E-state index in [1.165, 1.54) is 0 Å². The average Bonchev–Trinajstić information content (AvgIpc) is 2.25. The number of carbonyl (C=O) groups is 2. The molecule has 0 unspecified atom stereocenters. The van der Waals surface area contributed by atoms with Crippen LogP contribution in [0.3, 0.4) is 0 Å². The van der Waals surface area contributed by atoms with Gasteiger partial charge < -0.3 is 14.8 Å². The standard InChI is InChI=1S/C11H21NO4/c1-3-15-9-7-10(13)12-8-5-6-11(14)16-4-2/h3-9H2,1-2H3,(H,12,13). The first-order valence-corrected chi connectivity index (χ1v) is 5.70. The molecule has 0 fully saturated rings. The van der Waals surface area contributed by atoms with Crippen LogP contribution in [0, 0.1) is 0 Å². The highest BCUT2D eigenvalue weighted by molar-refractivity contribution is 5.76. The summed E-state index contributed by atoms with van der Waals surface area (Å²) < 4.78 is 9.80. The van der Waals surface area contributed by atoms with Crippen LogP contribution in [0.4, 0.5) is 0 Å². The van der Waals surface area contributed by atoms with Crippen LogP contribution in [0.2, 0.25) is 0 Å². The maximum absolute atomic E-state index is 11.2. The number of carbonyl (C=O) groups excluding carboxylic acids is 2. The fourth-order valence-corrected chi connectivity index (χ4v) is 1.09. The summed E-state index contributed by atoms with van der Waals surface area (Å²) in [6, 6.07) is 0. The molecule has 0 radical (unpaired) electrons. The third-order valence-electron chi connectivity index (χ3n) is 1.86. The third kappa shape index (κ3) is 9.45. The number of amides is 1. The minimum absolute atomic E-state index is 0.0442. The normalized spacial score (nSPS) is 9.88. The van der Waals surface area contributed by atoms with E-state index in [4.69, 9.17) is 9.47 Å². The Kier molecular flexibility index (Phi) is 9.70. The van der Waals surface area contributed by atoms with Gasteiger partial charge in [-0.1, -0.05) is 0 Å². The second-order valence-electron chi connectivity index (χ2n) is 3.21. The van der Waals surface area contributed by atoms with E-state index in [1.807, 2.05) is 6.92 Å². The molecule has 0 spiro atoms. The fraction of sp³-hybridized carbons (Fsp3) is 0.818. The van der Waals surface area contributed by atoms with Crippen LogP contribution >= 0.6 is 0 Å². The Labute approximate surface area is 96.5 Å². The van der Waals surface area contributed by atoms with Crippen LogP contribution in [-0.4, -0.2) is 38.2 Å². The van der Waals surface area contributed by atoms with Gasteiger partial charge in [0.15, 0.2) is 0 Å². The first-order chi connectivity index (χ1) is 7.70. The molecule has 5 heteroatoms. The zero-order valence-corrected chi connectivity index (χ0v) is 10.1. The highest BCUT2D eigenvalue weighted by Gasteiger charge is 2.03. The van der Waals surface area contributed by atoms with Gasteiger partial charge in [-0.25, -0.2) is 0 Å². The van der Waals surface area contributed by atoms with Crippen molar-refractivity contribution in [3.63, 3.8) is 0 Å². The lowest BCUT2D eigenvalue weighted by Crippen LogP contribution is -2.26. The van der Waals surface area contributed by atoms with Crippen molar-refractivity contribution in [2.45, 2.75) is 33.1 Å². The lowest BCUT2D eigenvalue weighted by molar-refractivity contribution is -0.143. The van der Waals surface area contributed by atoms with Crippen molar-refractivity contribution >= 4 is 11.9 Å². The molecule has 16 heavy (non-hydrogen) atoms. The average molecular weight is 231 g/mol. The van der Waals surface area contributed by atoms with E-state index < -0.39 is 0 Å². The lowest BCUT2D eigenvalue weighted by atomic mass is 10.3. The van der Waals surface area contributed by atoms with Gasteiger partial charge >= 0.3 is 5.97 Å². The highest BCUT2D eigenvalue weighted by atomic mass is 16.5. The Morgan fingerprint density at radius 1 is 1.12 bits per heavy atom. The Hall–Kier alpha value is -1.10. The maximum atomic E-state index is 11.2. The molecule has 1 amide bonds. The summed E-state index contributed by atoms with van der Waals surface area (Å²) in [5.41, 5.74) is 0. The molecule has 0 bridgehead atoms. The molecule has 0 aliphatic rings. The first-order valence-electron chi connectivity index (χ1n) is 5.70. The van der Waals surface area contributed by atoms with E-state index >= 15 is 0 Å². The predicted molar refractivity (Wildman–Crippen MR) is 60.0 cm³/mol. The van der Waals surface area contributed by atoms with E-state index in [0.29, 0.717) is 45.6 Å². The van der Waals surface area contributed by atoms with Crippen LogP contribution in [0.5, 0.6) is 0 Å². The molecule has 0 saturated carbocycles. The Morgan fingerprint density at radius 3 is 2.50 bits per heavy atom. The van der Waals surface area contributed by atoms with E-state index in [9.17, 15) is 9.59 Å². The molecule has 0 saturated heterocycles. The summed E-state index contributed by atoms with van der Waals surface area (Å²) in [6.45, 7) is 5.63. The van der Waals surface area contributed by atoms with Crippen molar-refractivity contribution in [1.82, 2.24) is 5.32 Å². The molecule has 0 rings (SSSR count). The quantitative estimate of drug-likeness (QED) is 0.472. The molecule has 0 aromatic heterocycles. The van der Waals surface area contributed by atoms with Gasteiger partial charge in [-0.15, -0.1) is 0 Å². The van der Waals surface area contributed by atoms with Gasteiger partial charge in [0.25, 0.3) is 0 Å². The molecule has 5 nitrogen and oxygen atoms in total. The molecule has 0 aromatic carbocycles. The first kappa shape index (κ1) is 14.9. The van der Waals surface area contributed by atoms with Crippen molar-refractivity contribution in [2.75, 3.05) is 26.4 Å². The second-order valence-corrected chi connectivity index (χ2v) is 3.21. The summed E-state index contributed by atoms with van der Waals surface area (Å²) in [4.78, 5) is 22.1. The van der Waals surface area contributed by atoms with Gasteiger partial charge in [-0.05, 0) is 20.3 Å². The van der Waals surface area contributed by atoms with E-state index in [2.05, 4.69) is 5.32 Å². The Morgan fingerprint density at radius 2 is 1.88 bits per heavy atom. The smallest absolute Gasteiger partial charge is 0.305 e. The number of rotatable bonds is 9. The van der Waals surface area contributed by atoms with Crippen molar-refractivity contribution < 1.29 is 19.1 Å². The Bertz CT molecular complexity index is 206. The number of hydrogen-bond acceptors (Lipinski definition) is 4. The summed E-state index contributed by atoms with van der Waals surface area (Å²) in [7, 11) is 0. The topological polar surface area (TPSA) is 64.6 Å². The van der Waals surface area contributed by atoms with E-state index in [1.54, 1.807) is 6.92 Å². The van der Waals surface area contributed by atoms with Crippen LogP contribution in [0.1, 0.15) is 33.1 Å². The third-order valence-corrected chi connectivity index (χ3v) is 1.86. The van der Waals surface area contributed by atoms with E-state index in [-0.39, 0.29) is 11.9 Å². The van der Waals surface area contributed by atoms with Crippen LogP contribution in [-0.2, 0) is 19.1 Å². The molecule has 94 valence electrons. The summed E-state index contributed by atoms with van der Waals surface area (Å²) in [6.07, 6.45) is 1.33. The van der Waals surface area contributed by atoms with Gasteiger partial charge in [-0.2, -0.15) is 0 Å². The number of esters is 1. The molecule has 0 aliphatic carbocycles. The van der Waals surface area contributed by atoms with Gasteiger partial charge in [0.2, 0.25) is 5.91 Å². The number of ether oxygens (including phenoxy) is 2. The molecule has 0 aromatic rings. The maximum Gasteiger partial charge on any atom is 0.305 e. The monoisotopic (exact) mass is 231 g/mol. The van der Waals surface area contributed by atoms with E-state index in [0.717, 1.165) is 0 Å². The minimum Gasteiger partial charge on any atom is -0.466 e. The Balaban J connectivity index is 3.30. The predicted octanol–water partition coefficient (Wildman–Crippen LogP) is 0.873. The molecule has 1 N–H and O–H groups in total. The zero-order valence-electron chi connectivity index (χ0n) is 10.1. The molecular weight excluding hydrogens is 210 g/mol. The van der Waals surface area contributed by atoms with Crippen molar-refractivity contribution in [1.29, 1.82) is 0 Å². The minimum atomic E-state index is -0.217. The highest BCUT2D eigenvalue weighted by Crippen LogP contribution is 1.92. The van der Waals surface area contributed by atoms with Crippen molar-refractivity contribution in [3.8, 4) is 0 Å². The molecule has 0 aliphatic heterocycles. The van der Waals surface area contributed by atoms with Crippen LogP contribution in [0.25, 0.3) is 0 Å². The lowest BCUT2D eigenvalue weighted by Gasteiger charge is -2.05. The SMILES string of the molecule is CCOCCC(=O)NCCCC(=O)OCC. The summed E-state index contributed by atoms with van der Waals surface area (Å²) >= 11 is 0. The number of nitrogens with one attached hydrogen (secondary N) is 1. The zero-order chi connectivity index (χ0) is 12.2. The van der Waals surface area contributed by atoms with Gasteiger partial charge in [0.05, 0.1) is 13.2 Å². The van der Waals surface area contributed by atoms with Crippen LogP contribution in [0.15, 0.2) is 0 Å². The second kappa shape index (κ2) is 10.4. The molecular formula is C11H21NO4. The van der Waals surface area contributed by atoms with Gasteiger partial charge in [0.1, 0.15) is 0 Å². The number of hydrogen-bond donors (Lipinski definition) is 1. The van der Waals surface area contributed by atoms with Crippen molar-refractivity contribution in [3.05, 3.63) is 0 Å². The van der Waals surface area contributed by atoms with Crippen molar-refractivity contribution in [2.24, 2.45) is 0 Å². The molecule has 0 atom stereocenters. The van der Waals surface area contributed by atoms with Gasteiger partial charge in [0, 0.05) is 26.0 Å². The summed E-state index contributed by atoms with van der Waals surface area (Å²) in [5, 5.41) is 2.71. The van der Waals surface area contributed by atoms with Gasteiger partial charge in [-0.3, -0.25) is 9.59 Å².